The fourth-order valence-corrected chi connectivity index (χ4v) is 0.800. The zero-order valence-electron chi connectivity index (χ0n) is 8.28. The Labute approximate surface area is 111 Å². The second-order valence-electron chi connectivity index (χ2n) is 2.61. The van der Waals surface area contributed by atoms with E-state index in [1.54, 1.807) is 0 Å². The molecule has 1 rings (SSSR count). The van der Waals surface area contributed by atoms with Crippen LogP contribution in [0.25, 0.3) is 0 Å². The van der Waals surface area contributed by atoms with Gasteiger partial charge in [0, 0.05) is 18.0 Å². The van der Waals surface area contributed by atoms with E-state index in [4.69, 9.17) is 0 Å². The van der Waals surface area contributed by atoms with Gasteiger partial charge in [-0.3, -0.25) is 9.78 Å². The Hall–Kier alpha value is -0.850. The zero-order chi connectivity index (χ0) is 11.5. The first-order valence-corrected chi connectivity index (χ1v) is 3.81. The van der Waals surface area contributed by atoms with Crippen LogP contribution in [0.15, 0.2) is 36.4 Å². The van der Waals surface area contributed by atoms with Gasteiger partial charge < -0.3 is 5.11 Å². The number of carbonyl (C=O) groups is 1. The molecule has 1 aromatic heterocycles. The van der Waals surface area contributed by atoms with E-state index in [1.165, 1.54) is 24.5 Å². The number of allylic oxidation sites excluding steroid dienone is 2. The van der Waals surface area contributed by atoms with Crippen molar-refractivity contribution in [1.29, 1.82) is 0 Å². The number of nitrogens with zero attached hydrogens (tertiary/aromatic N) is 1. The van der Waals surface area contributed by atoms with Crippen molar-refractivity contribution in [3.63, 3.8) is 0 Å². The summed E-state index contributed by atoms with van der Waals surface area (Å²) in [5, 5.41) is 10.4. The molecule has 0 aliphatic heterocycles. The SMILES string of the molecule is O=C(/C=C(/[O-])C(F)(F)F)c1ccncc1.[Na+]. The van der Waals surface area contributed by atoms with E-state index in [2.05, 4.69) is 4.98 Å². The minimum atomic E-state index is -5.01. The van der Waals surface area contributed by atoms with Crippen LogP contribution in [0.1, 0.15) is 10.4 Å². The van der Waals surface area contributed by atoms with E-state index >= 15 is 0 Å². The van der Waals surface area contributed by atoms with Gasteiger partial charge in [-0.25, -0.2) is 0 Å². The van der Waals surface area contributed by atoms with Crippen LogP contribution in [0.3, 0.4) is 0 Å². The average Bonchev–Trinajstić information content (AvgIpc) is 2.17. The number of alkyl halides is 3. The molecule has 0 aromatic carbocycles. The number of hydrogen-bond acceptors (Lipinski definition) is 3. The minimum absolute atomic E-state index is 0. The zero-order valence-corrected chi connectivity index (χ0v) is 10.3. The monoisotopic (exact) mass is 239 g/mol. The normalized spacial score (nSPS) is 11.8. The third kappa shape index (κ3) is 4.34. The maximum absolute atomic E-state index is 11.8. The molecule has 7 heteroatoms. The summed E-state index contributed by atoms with van der Waals surface area (Å²) in [6.07, 6.45) is -2.49. The van der Waals surface area contributed by atoms with Crippen LogP contribution in [-0.4, -0.2) is 16.9 Å². The summed E-state index contributed by atoms with van der Waals surface area (Å²) in [5.41, 5.74) is -0.0115. The topological polar surface area (TPSA) is 53.0 Å². The van der Waals surface area contributed by atoms with E-state index in [0.717, 1.165) is 0 Å². The summed E-state index contributed by atoms with van der Waals surface area (Å²) >= 11 is 0. The minimum Gasteiger partial charge on any atom is -0.869 e. The number of pyridine rings is 1. The molecule has 0 spiro atoms. The quantitative estimate of drug-likeness (QED) is 0.261. The number of hydrogen-bond donors (Lipinski definition) is 0. The van der Waals surface area contributed by atoms with Crippen LogP contribution in [0.5, 0.6) is 0 Å². The largest absolute Gasteiger partial charge is 1.00 e. The van der Waals surface area contributed by atoms with Crippen molar-refractivity contribution >= 4 is 5.78 Å². The molecule has 0 unspecified atom stereocenters. The summed E-state index contributed by atoms with van der Waals surface area (Å²) in [6.45, 7) is 0. The Morgan fingerprint density at radius 1 is 1.31 bits per heavy atom. The molecule has 1 aromatic rings. The Morgan fingerprint density at radius 2 is 1.81 bits per heavy atom. The molecule has 0 saturated heterocycles. The molecule has 0 atom stereocenters. The van der Waals surface area contributed by atoms with E-state index in [0.29, 0.717) is 0 Å². The van der Waals surface area contributed by atoms with Gasteiger partial charge in [-0.05, 0) is 24.0 Å². The van der Waals surface area contributed by atoms with Gasteiger partial charge in [0.2, 0.25) is 0 Å². The molecule has 16 heavy (non-hydrogen) atoms. The Bertz CT molecular complexity index is 389. The molecular formula is C9H5F3NNaO2. The first-order chi connectivity index (χ1) is 6.91. The fraction of sp³-hybridized carbons (Fsp3) is 0.111. The molecule has 3 nitrogen and oxygen atoms in total. The smallest absolute Gasteiger partial charge is 0.869 e. The predicted molar refractivity (Wildman–Crippen MR) is 42.7 cm³/mol. The second-order valence-corrected chi connectivity index (χ2v) is 2.61. The van der Waals surface area contributed by atoms with Gasteiger partial charge in [-0.2, -0.15) is 13.2 Å². The summed E-state index contributed by atoms with van der Waals surface area (Å²) in [6, 6.07) is 2.45. The van der Waals surface area contributed by atoms with Crippen LogP contribution in [-0.2, 0) is 0 Å². The summed E-state index contributed by atoms with van der Waals surface area (Å²) in [7, 11) is 0. The maximum Gasteiger partial charge on any atom is 1.00 e. The summed E-state index contributed by atoms with van der Waals surface area (Å²) in [4.78, 5) is 14.7. The van der Waals surface area contributed by atoms with Crippen molar-refractivity contribution in [3.05, 3.63) is 41.9 Å². The van der Waals surface area contributed by atoms with Gasteiger partial charge in [0.15, 0.2) is 5.78 Å². The average molecular weight is 239 g/mol. The second kappa shape index (κ2) is 6.03. The first kappa shape index (κ1) is 15.2. The molecule has 0 radical (unpaired) electrons. The first-order valence-electron chi connectivity index (χ1n) is 3.81. The fourth-order valence-electron chi connectivity index (χ4n) is 0.800. The molecule has 0 aliphatic rings. The standard InChI is InChI=1S/C9H6F3NO2.Na/c10-9(11,12)8(15)5-7(14)6-1-3-13-4-2-6;/h1-5,15H;/q;+1/p-1/b8-5+;. The molecule has 0 aliphatic carbocycles. The van der Waals surface area contributed by atoms with Crippen molar-refractivity contribution in [1.82, 2.24) is 4.98 Å². The van der Waals surface area contributed by atoms with Crippen molar-refractivity contribution in [2.24, 2.45) is 0 Å². The molecule has 1 heterocycles. The van der Waals surface area contributed by atoms with Gasteiger partial charge in [0.1, 0.15) is 0 Å². The predicted octanol–water partition coefficient (Wildman–Crippen LogP) is -1.93. The molecular weight excluding hydrogens is 234 g/mol. The number of aromatic nitrogens is 1. The number of halogens is 3. The van der Waals surface area contributed by atoms with Crippen LogP contribution in [0, 0.1) is 0 Å². The van der Waals surface area contributed by atoms with E-state index in [9.17, 15) is 23.1 Å². The van der Waals surface area contributed by atoms with Gasteiger partial charge in [-0.15, -0.1) is 0 Å². The van der Waals surface area contributed by atoms with Crippen LogP contribution < -0.4 is 34.7 Å². The van der Waals surface area contributed by atoms with Gasteiger partial charge >= 0.3 is 35.7 Å². The van der Waals surface area contributed by atoms with Gasteiger partial charge in [0.05, 0.1) is 0 Å². The van der Waals surface area contributed by atoms with Gasteiger partial charge in [0.25, 0.3) is 0 Å². The molecule has 80 valence electrons. The third-order valence-electron chi connectivity index (χ3n) is 1.51. The van der Waals surface area contributed by atoms with Crippen molar-refractivity contribution in [2.75, 3.05) is 0 Å². The van der Waals surface area contributed by atoms with Gasteiger partial charge in [-0.1, -0.05) is 0 Å². The van der Waals surface area contributed by atoms with E-state index in [-0.39, 0.29) is 41.2 Å². The van der Waals surface area contributed by atoms with Crippen LogP contribution in [0.4, 0.5) is 13.2 Å². The third-order valence-corrected chi connectivity index (χ3v) is 1.51. The van der Waals surface area contributed by atoms with Crippen molar-refractivity contribution < 1.29 is 52.6 Å². The van der Waals surface area contributed by atoms with Crippen LogP contribution in [0.2, 0.25) is 0 Å². The van der Waals surface area contributed by atoms with E-state index in [1.807, 2.05) is 0 Å². The Balaban J connectivity index is 0.00000225. The van der Waals surface area contributed by atoms with E-state index < -0.39 is 17.7 Å². The van der Waals surface area contributed by atoms with Crippen molar-refractivity contribution in [2.45, 2.75) is 6.18 Å². The molecule has 0 fully saturated rings. The summed E-state index contributed by atoms with van der Waals surface area (Å²) in [5.74, 6) is -3.15. The summed E-state index contributed by atoms with van der Waals surface area (Å²) < 4.78 is 35.3. The van der Waals surface area contributed by atoms with Crippen LogP contribution >= 0.6 is 0 Å². The molecule has 0 amide bonds. The molecule has 0 saturated carbocycles. The van der Waals surface area contributed by atoms with Crippen molar-refractivity contribution in [3.8, 4) is 0 Å². The number of ketones is 1. The number of carbonyl (C=O) groups excluding carboxylic acids is 1. The molecule has 0 N–H and O–H groups in total. The number of rotatable bonds is 2. The Kier molecular flexibility index (Phi) is 5.71. The maximum atomic E-state index is 11.8. The Morgan fingerprint density at radius 3 is 2.25 bits per heavy atom. The molecule has 0 bridgehead atoms.